The Balaban J connectivity index is 1.30. The maximum Gasteiger partial charge on any atom is 0.161 e. The first-order chi connectivity index (χ1) is 17.1. The third-order valence-electron chi connectivity index (χ3n) is 8.87. The van der Waals surface area contributed by atoms with E-state index in [1.165, 1.54) is 47.2 Å². The lowest BCUT2D eigenvalue weighted by Gasteiger charge is -2.48. The zero-order valence-electron chi connectivity index (χ0n) is 21.1. The number of piperidine rings is 1. The molecule has 0 saturated carbocycles. The molecule has 0 amide bonds. The number of hydrogen-bond donors (Lipinski definition) is 3. The predicted octanol–water partition coefficient (Wildman–Crippen LogP) is 5.11. The molecule has 3 N–H and O–H groups in total. The Morgan fingerprint density at radius 1 is 1.06 bits per heavy atom. The van der Waals surface area contributed by atoms with Crippen LogP contribution in [0.25, 0.3) is 10.9 Å². The molecule has 0 radical (unpaired) electrons. The van der Waals surface area contributed by atoms with Crippen LogP contribution in [0, 0.1) is 11.8 Å². The van der Waals surface area contributed by atoms with Gasteiger partial charge in [-0.3, -0.25) is 4.90 Å². The van der Waals surface area contributed by atoms with E-state index in [4.69, 9.17) is 9.47 Å². The number of H-pyrrole nitrogens is 1. The maximum atomic E-state index is 10.1. The van der Waals surface area contributed by atoms with E-state index in [1.807, 2.05) is 12.1 Å². The number of phenols is 1. The van der Waals surface area contributed by atoms with Crippen LogP contribution in [0.15, 0.2) is 30.3 Å². The van der Waals surface area contributed by atoms with Crippen molar-refractivity contribution < 1.29 is 14.6 Å². The number of rotatable bonds is 5. The highest BCUT2D eigenvalue weighted by Gasteiger charge is 2.40. The molecular formula is C29H37N3O3. The van der Waals surface area contributed by atoms with Crippen LogP contribution >= 0.6 is 0 Å². The molecule has 3 aromatic rings. The lowest BCUT2D eigenvalue weighted by atomic mass is 9.73. The molecule has 3 aliphatic rings. The largest absolute Gasteiger partial charge is 0.508 e. The second kappa shape index (κ2) is 9.07. The first-order valence-electron chi connectivity index (χ1n) is 13.1. The molecule has 186 valence electrons. The van der Waals surface area contributed by atoms with Crippen LogP contribution in [0.4, 0.5) is 0 Å². The van der Waals surface area contributed by atoms with Crippen LogP contribution < -0.4 is 14.8 Å². The fourth-order valence-electron chi connectivity index (χ4n) is 7.06. The molecule has 1 fully saturated rings. The van der Waals surface area contributed by atoms with Gasteiger partial charge >= 0.3 is 0 Å². The first-order valence-corrected chi connectivity index (χ1v) is 13.1. The Kier molecular flexibility index (Phi) is 5.89. The number of aromatic amines is 1. The second-order valence-electron chi connectivity index (χ2n) is 10.6. The van der Waals surface area contributed by atoms with Gasteiger partial charge < -0.3 is 24.9 Å². The van der Waals surface area contributed by atoms with Gasteiger partial charge in [0.2, 0.25) is 0 Å². The van der Waals surface area contributed by atoms with Crippen molar-refractivity contribution in [3.05, 3.63) is 52.7 Å². The van der Waals surface area contributed by atoms with Gasteiger partial charge in [0.05, 0.1) is 14.2 Å². The number of aromatic hydroxyl groups is 1. The number of methoxy groups -OCH3 is 2. The summed E-state index contributed by atoms with van der Waals surface area (Å²) >= 11 is 0. The summed E-state index contributed by atoms with van der Waals surface area (Å²) < 4.78 is 11.3. The molecule has 2 aromatic carbocycles. The van der Waals surface area contributed by atoms with Gasteiger partial charge in [-0.2, -0.15) is 0 Å². The number of aromatic nitrogens is 1. The van der Waals surface area contributed by atoms with Crippen LogP contribution in [-0.4, -0.2) is 48.8 Å². The maximum absolute atomic E-state index is 10.1. The van der Waals surface area contributed by atoms with Gasteiger partial charge in [0.25, 0.3) is 0 Å². The molecule has 6 heteroatoms. The molecular weight excluding hydrogens is 438 g/mol. The van der Waals surface area contributed by atoms with E-state index in [2.05, 4.69) is 34.3 Å². The van der Waals surface area contributed by atoms with Crippen molar-refractivity contribution in [3.63, 3.8) is 0 Å². The quantitative estimate of drug-likeness (QED) is 0.478. The number of ether oxygens (including phenoxy) is 2. The Hall–Kier alpha value is -2.70. The summed E-state index contributed by atoms with van der Waals surface area (Å²) in [6.07, 6.45) is 5.60. The molecule has 0 spiro atoms. The molecule has 1 saturated heterocycles. The fraction of sp³-hybridized carbons (Fsp3) is 0.517. The summed E-state index contributed by atoms with van der Waals surface area (Å²) in [7, 11) is 3.45. The third-order valence-corrected chi connectivity index (χ3v) is 8.87. The van der Waals surface area contributed by atoms with E-state index in [0.29, 0.717) is 29.7 Å². The molecule has 4 atom stereocenters. The lowest BCUT2D eigenvalue weighted by Crippen LogP contribution is -2.46. The van der Waals surface area contributed by atoms with E-state index < -0.39 is 0 Å². The van der Waals surface area contributed by atoms with Crippen molar-refractivity contribution in [3.8, 4) is 17.2 Å². The third kappa shape index (κ3) is 3.87. The Morgan fingerprint density at radius 2 is 1.89 bits per heavy atom. The van der Waals surface area contributed by atoms with Crippen LogP contribution in [0.5, 0.6) is 17.2 Å². The van der Waals surface area contributed by atoms with Crippen molar-refractivity contribution in [2.24, 2.45) is 11.8 Å². The topological polar surface area (TPSA) is 69.8 Å². The summed E-state index contributed by atoms with van der Waals surface area (Å²) in [5.74, 6) is 3.36. The minimum atomic E-state index is 0.326. The molecule has 6 rings (SSSR count). The smallest absolute Gasteiger partial charge is 0.161 e. The Bertz CT molecular complexity index is 1240. The average molecular weight is 476 g/mol. The monoisotopic (exact) mass is 475 g/mol. The van der Waals surface area contributed by atoms with Crippen molar-refractivity contribution in [1.82, 2.24) is 15.2 Å². The molecule has 3 aliphatic heterocycles. The van der Waals surface area contributed by atoms with Crippen molar-refractivity contribution in [2.45, 2.75) is 51.1 Å². The number of phenolic OH excluding ortho intramolecular Hbond substituents is 1. The number of nitrogens with one attached hydrogen (secondary N) is 2. The van der Waals surface area contributed by atoms with Gasteiger partial charge in [0.1, 0.15) is 5.75 Å². The molecule has 6 nitrogen and oxygen atoms in total. The first kappa shape index (κ1) is 22.7. The number of fused-ring (bicyclic) bond motifs is 6. The number of nitrogens with zero attached hydrogens (tertiary/aromatic N) is 1. The lowest BCUT2D eigenvalue weighted by molar-refractivity contribution is 0.0433. The molecule has 4 heterocycles. The van der Waals surface area contributed by atoms with Gasteiger partial charge in [-0.15, -0.1) is 0 Å². The molecule has 2 unspecified atom stereocenters. The standard InChI is InChI=1S/C29H37N3O3/c1-4-17-16-32-10-8-18-13-27(34-2)28(35-3)15-22(18)26(32)12-19(17)11-25-29-21(7-9-30-25)23-14-20(33)5-6-24(23)31-29/h5-6,13-15,17,19,25-26,30-31,33H,4,7-12,16H2,1-3H3/t17-,19-,25?,26?/m0/s1. The Labute approximate surface area is 207 Å². The highest BCUT2D eigenvalue weighted by Crippen LogP contribution is 2.47. The predicted molar refractivity (Wildman–Crippen MR) is 138 cm³/mol. The van der Waals surface area contributed by atoms with Crippen LogP contribution in [0.2, 0.25) is 0 Å². The Morgan fingerprint density at radius 3 is 2.69 bits per heavy atom. The van der Waals surface area contributed by atoms with Gasteiger partial charge in [-0.25, -0.2) is 0 Å². The van der Waals surface area contributed by atoms with E-state index in [9.17, 15) is 5.11 Å². The summed E-state index contributed by atoms with van der Waals surface area (Å²) in [6.45, 7) is 5.63. The summed E-state index contributed by atoms with van der Waals surface area (Å²) in [6, 6.07) is 10.9. The summed E-state index contributed by atoms with van der Waals surface area (Å²) in [5, 5.41) is 15.1. The molecule has 0 bridgehead atoms. The van der Waals surface area contributed by atoms with Gasteiger partial charge in [-0.1, -0.05) is 13.3 Å². The normalized spacial score (nSPS) is 26.1. The van der Waals surface area contributed by atoms with Gasteiger partial charge in [0.15, 0.2) is 11.5 Å². The van der Waals surface area contributed by atoms with E-state index in [1.54, 1.807) is 20.3 Å². The zero-order valence-corrected chi connectivity index (χ0v) is 21.1. The van der Waals surface area contributed by atoms with Gasteiger partial charge in [0, 0.05) is 41.8 Å². The minimum Gasteiger partial charge on any atom is -0.508 e. The minimum absolute atomic E-state index is 0.326. The van der Waals surface area contributed by atoms with E-state index in [0.717, 1.165) is 49.4 Å². The number of hydrogen-bond acceptors (Lipinski definition) is 5. The summed E-state index contributed by atoms with van der Waals surface area (Å²) in [4.78, 5) is 6.41. The second-order valence-corrected chi connectivity index (χ2v) is 10.6. The van der Waals surface area contributed by atoms with Gasteiger partial charge in [-0.05, 0) is 91.1 Å². The van der Waals surface area contributed by atoms with Crippen LogP contribution in [-0.2, 0) is 12.8 Å². The van der Waals surface area contributed by atoms with E-state index >= 15 is 0 Å². The molecule has 1 aromatic heterocycles. The SMILES string of the molecule is CC[C@H]1CN2CCc3cc(OC)c(OC)cc3C2C[C@@H]1CC1NCCc2c1[nH]c1ccc(O)cc21. The van der Waals surface area contributed by atoms with Crippen LogP contribution in [0.1, 0.15) is 60.7 Å². The average Bonchev–Trinajstić information content (AvgIpc) is 3.26. The van der Waals surface area contributed by atoms with Crippen molar-refractivity contribution in [2.75, 3.05) is 33.9 Å². The van der Waals surface area contributed by atoms with E-state index in [-0.39, 0.29) is 0 Å². The molecule has 35 heavy (non-hydrogen) atoms. The fourth-order valence-corrected chi connectivity index (χ4v) is 7.06. The molecule has 0 aliphatic carbocycles. The summed E-state index contributed by atoms with van der Waals surface area (Å²) in [5.41, 5.74) is 6.66. The zero-order chi connectivity index (χ0) is 24.1. The van der Waals surface area contributed by atoms with Crippen molar-refractivity contribution in [1.29, 1.82) is 0 Å². The number of benzene rings is 2. The highest BCUT2D eigenvalue weighted by molar-refractivity contribution is 5.86. The van der Waals surface area contributed by atoms with Crippen LogP contribution in [0.3, 0.4) is 0 Å². The van der Waals surface area contributed by atoms with Crippen molar-refractivity contribution >= 4 is 10.9 Å². The highest BCUT2D eigenvalue weighted by atomic mass is 16.5.